The van der Waals surface area contributed by atoms with E-state index in [4.69, 9.17) is 0 Å². The van der Waals surface area contributed by atoms with Crippen LogP contribution in [0.5, 0.6) is 0 Å². The van der Waals surface area contributed by atoms with E-state index >= 15 is 0 Å². The summed E-state index contributed by atoms with van der Waals surface area (Å²) in [7, 11) is 0. The summed E-state index contributed by atoms with van der Waals surface area (Å²) in [5, 5.41) is 28.3. The lowest BCUT2D eigenvalue weighted by molar-refractivity contribution is -0.929. The Morgan fingerprint density at radius 3 is 0.884 bits per heavy atom. The van der Waals surface area contributed by atoms with E-state index in [1.54, 1.807) is 20.8 Å². The van der Waals surface area contributed by atoms with Crippen LogP contribution in [0.4, 0.5) is 0 Å². The van der Waals surface area contributed by atoms with Crippen LogP contribution in [0.25, 0.3) is 0 Å². The third-order valence-corrected chi connectivity index (χ3v) is 9.61. The van der Waals surface area contributed by atoms with Crippen molar-refractivity contribution in [1.82, 2.24) is 0 Å². The van der Waals surface area contributed by atoms with Crippen LogP contribution in [0.3, 0.4) is 0 Å². The fourth-order valence-corrected chi connectivity index (χ4v) is 5.97. The number of hydrogen-bond acceptors (Lipinski definition) is 3. The van der Waals surface area contributed by atoms with Crippen LogP contribution >= 0.6 is 0 Å². The van der Waals surface area contributed by atoms with Gasteiger partial charge in [0.2, 0.25) is 0 Å². The third-order valence-electron chi connectivity index (χ3n) is 9.61. The number of nitrogens with zero attached hydrogens (tertiary/aromatic N) is 1. The molecule has 3 unspecified atom stereocenters. The van der Waals surface area contributed by atoms with Crippen LogP contribution in [0.1, 0.15) is 169 Å². The van der Waals surface area contributed by atoms with E-state index in [0.29, 0.717) is 43.4 Å². The van der Waals surface area contributed by atoms with Crippen LogP contribution in [-0.2, 0) is 14.4 Å². The summed E-state index contributed by atoms with van der Waals surface area (Å²) in [6, 6.07) is 0. The van der Waals surface area contributed by atoms with Crippen molar-refractivity contribution in [3.05, 3.63) is 0 Å². The van der Waals surface area contributed by atoms with Gasteiger partial charge in [-0.1, -0.05) is 137 Å². The summed E-state index contributed by atoms with van der Waals surface area (Å²) in [5.74, 6) is -3.89. The summed E-state index contributed by atoms with van der Waals surface area (Å²) >= 11 is 0. The molecule has 0 saturated carbocycles. The summed E-state index contributed by atoms with van der Waals surface area (Å²) in [4.78, 5) is 34.5. The molecular formula is C36H70NO6+. The van der Waals surface area contributed by atoms with Crippen molar-refractivity contribution in [2.75, 3.05) is 26.2 Å². The molecule has 0 spiro atoms. The molecule has 0 aromatic heterocycles. The molecule has 0 amide bonds. The molecule has 0 rings (SSSR count). The zero-order valence-electron chi connectivity index (χ0n) is 28.6. The zero-order chi connectivity index (χ0) is 32.3. The van der Waals surface area contributed by atoms with Gasteiger partial charge in [-0.15, -0.1) is 0 Å². The first kappa shape index (κ1) is 41.4. The first-order valence-corrected chi connectivity index (χ1v) is 18.1. The second-order valence-electron chi connectivity index (χ2n) is 13.7. The normalized spacial score (nSPS) is 15.1. The standard InChI is InChI=1S/C36H69NO6/c1-5-6-7-8-9-10-11-12-13-14-15-16-17-18-19-20-21-22-23-27-37(28-24-31(2)34(38)39,29-25-32(3)35(40)41)30-26-33(4)36(42)43/h31-33H,5-30H2,1-4H3,(H2-,38,39,40,41,42,43)/p+1. The van der Waals surface area contributed by atoms with E-state index in [1.165, 1.54) is 109 Å². The summed E-state index contributed by atoms with van der Waals surface area (Å²) in [6.45, 7) is 10.2. The van der Waals surface area contributed by atoms with E-state index in [0.717, 1.165) is 19.4 Å². The fourth-order valence-electron chi connectivity index (χ4n) is 5.97. The maximum absolute atomic E-state index is 11.5. The van der Waals surface area contributed by atoms with E-state index in [2.05, 4.69) is 6.92 Å². The molecule has 0 radical (unpaired) electrons. The van der Waals surface area contributed by atoms with Gasteiger partial charge in [0.15, 0.2) is 0 Å². The Morgan fingerprint density at radius 2 is 0.651 bits per heavy atom. The Kier molecular flexibility index (Phi) is 25.7. The lowest BCUT2D eigenvalue weighted by Gasteiger charge is -2.40. The Labute approximate surface area is 264 Å². The molecule has 0 aliphatic rings. The van der Waals surface area contributed by atoms with Crippen LogP contribution in [-0.4, -0.2) is 63.9 Å². The molecule has 3 N–H and O–H groups in total. The van der Waals surface area contributed by atoms with Crippen molar-refractivity contribution in [2.45, 2.75) is 169 Å². The summed E-state index contributed by atoms with van der Waals surface area (Å²) < 4.78 is 0.617. The lowest BCUT2D eigenvalue weighted by atomic mass is 10.0. The van der Waals surface area contributed by atoms with E-state index in [1.807, 2.05) is 0 Å². The number of carbonyl (C=O) groups is 3. The molecule has 3 atom stereocenters. The highest BCUT2D eigenvalue weighted by Gasteiger charge is 2.31. The fraction of sp³-hybridized carbons (Fsp3) is 0.917. The van der Waals surface area contributed by atoms with E-state index in [9.17, 15) is 29.7 Å². The quantitative estimate of drug-likeness (QED) is 0.0515. The number of hydrogen-bond donors (Lipinski definition) is 3. The second-order valence-corrected chi connectivity index (χ2v) is 13.7. The molecule has 43 heavy (non-hydrogen) atoms. The van der Waals surface area contributed by atoms with Gasteiger partial charge in [-0.2, -0.15) is 0 Å². The predicted octanol–water partition coefficient (Wildman–Crippen LogP) is 9.57. The third kappa shape index (κ3) is 23.4. The maximum Gasteiger partial charge on any atom is 0.306 e. The molecule has 0 aromatic carbocycles. The monoisotopic (exact) mass is 613 g/mol. The molecule has 0 saturated heterocycles. The van der Waals surface area contributed by atoms with Crippen LogP contribution in [0.2, 0.25) is 0 Å². The Morgan fingerprint density at radius 1 is 0.419 bits per heavy atom. The highest BCUT2D eigenvalue weighted by atomic mass is 16.4. The number of aliphatic carboxylic acids is 3. The highest BCUT2D eigenvalue weighted by Crippen LogP contribution is 2.22. The van der Waals surface area contributed by atoms with Crippen molar-refractivity contribution >= 4 is 17.9 Å². The Hall–Kier alpha value is -1.63. The van der Waals surface area contributed by atoms with Gasteiger partial charge in [-0.3, -0.25) is 14.4 Å². The molecule has 0 aliphatic carbocycles. The molecule has 254 valence electrons. The Balaban J connectivity index is 4.40. The molecule has 0 bridgehead atoms. The SMILES string of the molecule is CCCCCCCCCCCCCCCCCCCCC[N+](CCC(C)C(=O)O)(CCC(C)C(=O)O)CCC(C)C(=O)O. The van der Waals surface area contributed by atoms with Gasteiger partial charge in [0.1, 0.15) is 0 Å². The first-order chi connectivity index (χ1) is 20.5. The van der Waals surface area contributed by atoms with Crippen LogP contribution < -0.4 is 0 Å². The lowest BCUT2D eigenvalue weighted by Crippen LogP contribution is -2.52. The molecule has 0 heterocycles. The number of carboxylic acids is 3. The highest BCUT2D eigenvalue weighted by molar-refractivity contribution is 5.70. The first-order valence-electron chi connectivity index (χ1n) is 18.1. The molecule has 0 aliphatic heterocycles. The predicted molar refractivity (Wildman–Crippen MR) is 177 cm³/mol. The van der Waals surface area contributed by atoms with Crippen LogP contribution in [0.15, 0.2) is 0 Å². The van der Waals surface area contributed by atoms with Crippen molar-refractivity contribution in [3.8, 4) is 0 Å². The summed E-state index contributed by atoms with van der Waals surface area (Å²) in [5.41, 5.74) is 0. The van der Waals surface area contributed by atoms with Gasteiger partial charge >= 0.3 is 17.9 Å². The van der Waals surface area contributed by atoms with Gasteiger partial charge in [0.25, 0.3) is 0 Å². The Bertz CT molecular complexity index is 652. The minimum atomic E-state index is -0.820. The van der Waals surface area contributed by atoms with Crippen molar-refractivity contribution in [1.29, 1.82) is 0 Å². The minimum Gasteiger partial charge on any atom is -0.481 e. The van der Waals surface area contributed by atoms with Gasteiger partial charge in [-0.25, -0.2) is 0 Å². The average molecular weight is 613 g/mol. The molecule has 0 aromatic rings. The van der Waals surface area contributed by atoms with Gasteiger partial charge in [0, 0.05) is 19.3 Å². The largest absolute Gasteiger partial charge is 0.481 e. The maximum atomic E-state index is 11.5. The van der Waals surface area contributed by atoms with Crippen LogP contribution in [0, 0.1) is 17.8 Å². The minimum absolute atomic E-state index is 0.476. The molecule has 7 nitrogen and oxygen atoms in total. The number of quaternary nitrogens is 1. The zero-order valence-corrected chi connectivity index (χ0v) is 28.6. The van der Waals surface area contributed by atoms with Crippen molar-refractivity contribution in [3.63, 3.8) is 0 Å². The number of rotatable bonds is 32. The second kappa shape index (κ2) is 26.7. The van der Waals surface area contributed by atoms with Crippen molar-refractivity contribution < 1.29 is 34.2 Å². The summed E-state index contributed by atoms with van der Waals surface area (Å²) in [6.07, 6.45) is 26.7. The van der Waals surface area contributed by atoms with E-state index < -0.39 is 35.7 Å². The van der Waals surface area contributed by atoms with E-state index in [-0.39, 0.29) is 0 Å². The van der Waals surface area contributed by atoms with Gasteiger partial charge in [-0.05, 0) is 12.8 Å². The smallest absolute Gasteiger partial charge is 0.306 e. The number of unbranched alkanes of at least 4 members (excludes halogenated alkanes) is 18. The molecule has 7 heteroatoms. The van der Waals surface area contributed by atoms with Gasteiger partial charge in [0.05, 0.1) is 43.9 Å². The topological polar surface area (TPSA) is 112 Å². The van der Waals surface area contributed by atoms with Crippen molar-refractivity contribution in [2.24, 2.45) is 17.8 Å². The average Bonchev–Trinajstić information content (AvgIpc) is 2.97. The van der Waals surface area contributed by atoms with Gasteiger partial charge < -0.3 is 19.8 Å². The molecule has 0 fully saturated rings. The number of carboxylic acid groups (broad SMARTS) is 3. The molecular weight excluding hydrogens is 542 g/mol.